The maximum atomic E-state index is 13.6. The summed E-state index contributed by atoms with van der Waals surface area (Å²) in [5.41, 5.74) is 7.08. The number of methoxy groups -OCH3 is 1. The van der Waals surface area contributed by atoms with Gasteiger partial charge >= 0.3 is 0 Å². The highest BCUT2D eigenvalue weighted by atomic mass is 19.1. The van der Waals surface area contributed by atoms with Gasteiger partial charge in [0, 0.05) is 6.04 Å². The van der Waals surface area contributed by atoms with Crippen molar-refractivity contribution in [2.24, 2.45) is 5.73 Å². The van der Waals surface area contributed by atoms with E-state index < -0.39 is 0 Å². The molecule has 0 amide bonds. The molecule has 0 spiro atoms. The lowest BCUT2D eigenvalue weighted by Crippen LogP contribution is -2.22. The zero-order chi connectivity index (χ0) is 15.5. The first kappa shape index (κ1) is 18.0. The third-order valence-electron chi connectivity index (χ3n) is 3.89. The van der Waals surface area contributed by atoms with E-state index in [1.165, 1.54) is 58.1 Å². The zero-order valence-electron chi connectivity index (χ0n) is 13.5. The van der Waals surface area contributed by atoms with E-state index in [2.05, 4.69) is 6.92 Å². The molecule has 21 heavy (non-hydrogen) atoms. The van der Waals surface area contributed by atoms with Crippen LogP contribution in [0.25, 0.3) is 0 Å². The van der Waals surface area contributed by atoms with Crippen molar-refractivity contribution in [3.8, 4) is 5.75 Å². The average Bonchev–Trinajstić information content (AvgIpc) is 2.46. The van der Waals surface area contributed by atoms with Crippen LogP contribution in [0.3, 0.4) is 0 Å². The molecule has 0 aliphatic rings. The summed E-state index contributed by atoms with van der Waals surface area (Å²) in [4.78, 5) is 0. The van der Waals surface area contributed by atoms with E-state index >= 15 is 0 Å². The lowest BCUT2D eigenvalue weighted by Gasteiger charge is -2.12. The summed E-state index contributed by atoms with van der Waals surface area (Å²) in [5.74, 6) is -0.0162. The maximum Gasteiger partial charge on any atom is 0.165 e. The number of hydrogen-bond acceptors (Lipinski definition) is 2. The van der Waals surface area contributed by atoms with Gasteiger partial charge in [0.05, 0.1) is 7.11 Å². The predicted molar refractivity (Wildman–Crippen MR) is 87.2 cm³/mol. The minimum atomic E-state index is -0.307. The topological polar surface area (TPSA) is 35.2 Å². The van der Waals surface area contributed by atoms with Gasteiger partial charge in [0.25, 0.3) is 0 Å². The van der Waals surface area contributed by atoms with Crippen LogP contribution in [0.4, 0.5) is 4.39 Å². The number of halogens is 1. The van der Waals surface area contributed by atoms with Crippen molar-refractivity contribution < 1.29 is 9.13 Å². The van der Waals surface area contributed by atoms with E-state index in [0.29, 0.717) is 5.75 Å². The molecule has 1 unspecified atom stereocenters. The Morgan fingerprint density at radius 2 is 1.76 bits per heavy atom. The molecule has 0 fully saturated rings. The van der Waals surface area contributed by atoms with Crippen molar-refractivity contribution in [3.63, 3.8) is 0 Å². The van der Waals surface area contributed by atoms with E-state index in [4.69, 9.17) is 10.5 Å². The fourth-order valence-corrected chi connectivity index (χ4v) is 2.61. The zero-order valence-corrected chi connectivity index (χ0v) is 13.5. The molecular formula is C18H30FNO. The Labute approximate surface area is 128 Å². The number of nitrogens with two attached hydrogens (primary N) is 1. The van der Waals surface area contributed by atoms with Gasteiger partial charge in [-0.3, -0.25) is 0 Å². The van der Waals surface area contributed by atoms with Crippen LogP contribution < -0.4 is 10.5 Å². The van der Waals surface area contributed by atoms with Crippen LogP contribution >= 0.6 is 0 Å². The highest BCUT2D eigenvalue weighted by Crippen LogP contribution is 2.19. The lowest BCUT2D eigenvalue weighted by atomic mass is 10.00. The van der Waals surface area contributed by atoms with Crippen LogP contribution in [0.2, 0.25) is 0 Å². The van der Waals surface area contributed by atoms with Crippen molar-refractivity contribution in [2.75, 3.05) is 7.11 Å². The Morgan fingerprint density at radius 1 is 1.10 bits per heavy atom. The molecule has 0 aliphatic carbocycles. The molecule has 3 heteroatoms. The predicted octanol–water partition coefficient (Wildman–Crippen LogP) is 4.84. The largest absolute Gasteiger partial charge is 0.494 e. The maximum absolute atomic E-state index is 13.6. The second-order valence-corrected chi connectivity index (χ2v) is 5.84. The highest BCUT2D eigenvalue weighted by molar-refractivity contribution is 5.29. The quantitative estimate of drug-likeness (QED) is 0.593. The molecule has 0 aliphatic heterocycles. The smallest absolute Gasteiger partial charge is 0.165 e. The second-order valence-electron chi connectivity index (χ2n) is 5.84. The summed E-state index contributed by atoms with van der Waals surface area (Å²) in [7, 11) is 1.48. The van der Waals surface area contributed by atoms with Gasteiger partial charge in [0.2, 0.25) is 0 Å². The van der Waals surface area contributed by atoms with Gasteiger partial charge in [-0.15, -0.1) is 0 Å². The Bertz CT molecular complexity index is 395. The molecule has 1 aromatic rings. The molecule has 0 radical (unpaired) electrons. The number of ether oxygens (including phenoxy) is 1. The van der Waals surface area contributed by atoms with Crippen LogP contribution in [-0.2, 0) is 6.42 Å². The van der Waals surface area contributed by atoms with Crippen LogP contribution in [0, 0.1) is 5.82 Å². The van der Waals surface area contributed by atoms with E-state index in [1.807, 2.05) is 6.07 Å². The summed E-state index contributed by atoms with van der Waals surface area (Å²) in [6.45, 7) is 2.24. The van der Waals surface area contributed by atoms with Crippen molar-refractivity contribution >= 4 is 0 Å². The van der Waals surface area contributed by atoms with Crippen molar-refractivity contribution in [2.45, 2.75) is 70.8 Å². The van der Waals surface area contributed by atoms with Gasteiger partial charge in [0.15, 0.2) is 11.6 Å². The van der Waals surface area contributed by atoms with E-state index in [0.717, 1.165) is 18.4 Å². The summed E-state index contributed by atoms with van der Waals surface area (Å²) in [5, 5.41) is 0. The second kappa shape index (κ2) is 10.6. The first-order valence-corrected chi connectivity index (χ1v) is 8.25. The van der Waals surface area contributed by atoms with Crippen molar-refractivity contribution in [3.05, 3.63) is 29.6 Å². The highest BCUT2D eigenvalue weighted by Gasteiger charge is 2.07. The minimum absolute atomic E-state index is 0.119. The molecule has 1 aromatic carbocycles. The molecule has 2 N–H and O–H groups in total. The van der Waals surface area contributed by atoms with E-state index in [-0.39, 0.29) is 11.9 Å². The third-order valence-corrected chi connectivity index (χ3v) is 3.89. The molecule has 0 saturated carbocycles. The average molecular weight is 295 g/mol. The Balaban J connectivity index is 2.18. The number of rotatable bonds is 11. The monoisotopic (exact) mass is 295 g/mol. The van der Waals surface area contributed by atoms with Crippen LogP contribution in [0.15, 0.2) is 18.2 Å². The molecule has 0 bridgehead atoms. The van der Waals surface area contributed by atoms with Gasteiger partial charge in [-0.2, -0.15) is 0 Å². The van der Waals surface area contributed by atoms with Gasteiger partial charge in [-0.1, -0.05) is 57.9 Å². The first-order valence-electron chi connectivity index (χ1n) is 8.25. The Hall–Kier alpha value is -1.09. The third kappa shape index (κ3) is 7.47. The van der Waals surface area contributed by atoms with E-state index in [1.54, 1.807) is 6.07 Å². The summed E-state index contributed by atoms with van der Waals surface area (Å²) < 4.78 is 18.5. The number of benzene rings is 1. The van der Waals surface area contributed by atoms with Crippen LogP contribution in [0.5, 0.6) is 5.75 Å². The summed E-state index contributed by atoms with van der Waals surface area (Å²) in [6, 6.07) is 5.22. The normalized spacial score (nSPS) is 12.4. The van der Waals surface area contributed by atoms with Crippen LogP contribution in [0.1, 0.15) is 63.9 Å². The van der Waals surface area contributed by atoms with E-state index in [9.17, 15) is 4.39 Å². The SMILES string of the molecule is CCCCCCCCCC(N)Cc1ccc(OC)c(F)c1. The molecule has 1 atom stereocenters. The number of unbranched alkanes of at least 4 members (excludes halogenated alkanes) is 6. The molecule has 0 aromatic heterocycles. The fraction of sp³-hybridized carbons (Fsp3) is 0.667. The standard InChI is InChI=1S/C18H30FNO/c1-3-4-5-6-7-8-9-10-16(20)13-15-11-12-18(21-2)17(19)14-15/h11-12,14,16H,3-10,13,20H2,1-2H3. The molecule has 0 saturated heterocycles. The first-order chi connectivity index (χ1) is 10.2. The molecule has 2 nitrogen and oxygen atoms in total. The number of hydrogen-bond donors (Lipinski definition) is 1. The van der Waals surface area contributed by atoms with Gasteiger partial charge in [-0.25, -0.2) is 4.39 Å². The van der Waals surface area contributed by atoms with Gasteiger partial charge in [0.1, 0.15) is 0 Å². The molecule has 0 heterocycles. The fourth-order valence-electron chi connectivity index (χ4n) is 2.61. The lowest BCUT2D eigenvalue weighted by molar-refractivity contribution is 0.386. The molecule has 1 rings (SSSR count). The van der Waals surface area contributed by atoms with Gasteiger partial charge in [-0.05, 0) is 30.5 Å². The summed E-state index contributed by atoms with van der Waals surface area (Å²) in [6.07, 6.45) is 10.8. The summed E-state index contributed by atoms with van der Waals surface area (Å²) >= 11 is 0. The van der Waals surface area contributed by atoms with Crippen molar-refractivity contribution in [1.29, 1.82) is 0 Å². The Kier molecular flexibility index (Phi) is 9.07. The molecule has 120 valence electrons. The van der Waals surface area contributed by atoms with Crippen molar-refractivity contribution in [1.82, 2.24) is 0 Å². The Morgan fingerprint density at radius 3 is 2.38 bits per heavy atom. The molecular weight excluding hydrogens is 265 g/mol. The minimum Gasteiger partial charge on any atom is -0.494 e. The van der Waals surface area contributed by atoms with Crippen LogP contribution in [-0.4, -0.2) is 13.2 Å². The van der Waals surface area contributed by atoms with Gasteiger partial charge < -0.3 is 10.5 Å².